The molecule has 5 aromatic rings. The number of benzene rings is 3. The monoisotopic (exact) mass is 1230 g/mol. The lowest BCUT2D eigenvalue weighted by atomic mass is 9.85. The highest BCUT2D eigenvalue weighted by molar-refractivity contribution is 7.13. The predicted molar refractivity (Wildman–Crippen MR) is 340 cm³/mol. The number of nitriles is 1. The van der Waals surface area contributed by atoms with Crippen LogP contribution < -0.4 is 30.2 Å². The van der Waals surface area contributed by atoms with Gasteiger partial charge in [0.1, 0.15) is 23.9 Å². The molecule has 7 rings (SSSR count). The van der Waals surface area contributed by atoms with Crippen molar-refractivity contribution in [3.05, 3.63) is 87.1 Å². The van der Waals surface area contributed by atoms with Crippen LogP contribution in [0.1, 0.15) is 154 Å². The Labute approximate surface area is 517 Å². The number of amides is 4. The molecule has 0 unspecified atom stereocenters. The number of anilines is 2. The Hall–Kier alpha value is -6.23. The van der Waals surface area contributed by atoms with Crippen molar-refractivity contribution in [2.24, 2.45) is 5.41 Å². The first-order valence-corrected chi connectivity index (χ1v) is 31.9. The minimum atomic E-state index is -0.792. The number of hydrogen-bond donors (Lipinski definition) is 4. The Morgan fingerprint density at radius 1 is 0.824 bits per heavy atom. The van der Waals surface area contributed by atoms with E-state index < -0.39 is 23.6 Å². The first-order chi connectivity index (χ1) is 40.9. The third kappa shape index (κ3) is 20.2. The standard InChI is InChI=1S/C34H52N4O4S.C31H37Cl2N5O4/c1-6-7-8-9-10-11-12-13-14-15-29(40)37-31(34(3,4)5)33(42)38-22-27(39)20-28(38)32(41)35-21-25-16-18-26(19-17-25)30-24(2)36-23-43-30;1-4-5-6-8-30(39)38-12-10-37(11-13-38)9-7-14-42-29-17-25-22(15-28(29)41-3)31(21(19-34)20-35-25)36-26-18-27(40-2)24(33)16-23(26)32/h16-19,23,27-28,31,39H,6-15,20-22H2,1-5H3,(H,35,41)(H,37,40);15-18,20H,4-14H2,1-3H3,(H,35,36)/t27-,28+,31-;/m1./s1. The summed E-state index contributed by atoms with van der Waals surface area (Å²) in [6.45, 7) is 17.2. The molecule has 4 amide bonds. The highest BCUT2D eigenvalue weighted by Gasteiger charge is 2.44. The molecule has 462 valence electrons. The van der Waals surface area contributed by atoms with Crippen LogP contribution >= 0.6 is 34.5 Å². The van der Waals surface area contributed by atoms with E-state index in [1.165, 1.54) is 56.7 Å². The smallest absolute Gasteiger partial charge is 0.246 e. The number of aliphatic hydroxyl groups is 1. The first kappa shape index (κ1) is 67.9. The molecule has 20 heteroatoms. The van der Waals surface area contributed by atoms with Crippen molar-refractivity contribution in [3.63, 3.8) is 0 Å². The number of aryl methyl sites for hydroxylation is 1. The average Bonchev–Trinajstić information content (AvgIpc) is 2.14. The van der Waals surface area contributed by atoms with Gasteiger partial charge in [0.15, 0.2) is 11.5 Å². The molecule has 0 saturated carbocycles. The fraction of sp³-hybridized carbons (Fsp3) is 0.554. The first-order valence-electron chi connectivity index (χ1n) is 30.3. The van der Waals surface area contributed by atoms with Crippen LogP contribution in [-0.2, 0) is 25.7 Å². The molecule has 0 aliphatic carbocycles. The Bertz CT molecular complexity index is 3010. The molecule has 2 fully saturated rings. The lowest BCUT2D eigenvalue weighted by molar-refractivity contribution is -0.144. The molecule has 0 bridgehead atoms. The Morgan fingerprint density at radius 2 is 1.48 bits per heavy atom. The van der Waals surface area contributed by atoms with Gasteiger partial charge in [0, 0.05) is 88.8 Å². The maximum Gasteiger partial charge on any atom is 0.246 e. The quantitative estimate of drug-likeness (QED) is 0.0329. The number of methoxy groups -OCH3 is 2. The second-order valence-corrected chi connectivity index (χ2v) is 24.8. The van der Waals surface area contributed by atoms with Gasteiger partial charge in [0.25, 0.3) is 0 Å². The number of rotatable bonds is 29. The van der Waals surface area contributed by atoms with E-state index in [4.69, 9.17) is 37.4 Å². The van der Waals surface area contributed by atoms with Crippen molar-refractivity contribution in [1.82, 2.24) is 35.3 Å². The third-order valence-corrected chi connectivity index (χ3v) is 17.2. The summed E-state index contributed by atoms with van der Waals surface area (Å²) in [5.41, 5.74) is 6.31. The maximum absolute atomic E-state index is 13.8. The van der Waals surface area contributed by atoms with E-state index in [9.17, 15) is 29.5 Å². The van der Waals surface area contributed by atoms with Gasteiger partial charge in [0.05, 0.1) is 75.5 Å². The number of fused-ring (bicyclic) bond motifs is 1. The molecule has 2 aliphatic heterocycles. The van der Waals surface area contributed by atoms with E-state index in [1.54, 1.807) is 36.6 Å². The van der Waals surface area contributed by atoms with Crippen molar-refractivity contribution in [2.45, 2.75) is 169 Å². The van der Waals surface area contributed by atoms with Gasteiger partial charge in [-0.25, -0.2) is 4.98 Å². The molecule has 4 heterocycles. The van der Waals surface area contributed by atoms with E-state index in [0.29, 0.717) is 81.1 Å². The summed E-state index contributed by atoms with van der Waals surface area (Å²) in [4.78, 5) is 68.0. The third-order valence-electron chi connectivity index (χ3n) is 15.6. The van der Waals surface area contributed by atoms with E-state index in [2.05, 4.69) is 50.7 Å². The zero-order chi connectivity index (χ0) is 61.5. The van der Waals surface area contributed by atoms with Gasteiger partial charge in [-0.3, -0.25) is 29.1 Å². The number of nitrogens with one attached hydrogen (secondary N) is 3. The van der Waals surface area contributed by atoms with Crippen LogP contribution in [0, 0.1) is 23.7 Å². The number of carbonyl (C=O) groups excluding carboxylic acids is 4. The number of unbranched alkanes of at least 4 members (excludes halogenated alkanes) is 10. The molecule has 3 aromatic carbocycles. The van der Waals surface area contributed by atoms with E-state index in [1.807, 2.05) is 68.4 Å². The Kier molecular flexibility index (Phi) is 27.3. The van der Waals surface area contributed by atoms with Gasteiger partial charge >= 0.3 is 0 Å². The van der Waals surface area contributed by atoms with E-state index in [-0.39, 0.29) is 36.6 Å². The number of hydrogen-bond acceptors (Lipinski definition) is 14. The highest BCUT2D eigenvalue weighted by Crippen LogP contribution is 2.41. The molecule has 0 spiro atoms. The Morgan fingerprint density at radius 3 is 2.12 bits per heavy atom. The molecule has 2 aliphatic rings. The van der Waals surface area contributed by atoms with E-state index in [0.717, 1.165) is 99.4 Å². The fourth-order valence-corrected chi connectivity index (χ4v) is 11.9. The number of piperazine rings is 1. The van der Waals surface area contributed by atoms with Gasteiger partial charge in [0.2, 0.25) is 23.6 Å². The largest absolute Gasteiger partial charge is 0.495 e. The molecule has 2 saturated heterocycles. The lowest BCUT2D eigenvalue weighted by Crippen LogP contribution is -2.57. The van der Waals surface area contributed by atoms with Crippen LogP contribution in [0.4, 0.5) is 11.4 Å². The summed E-state index contributed by atoms with van der Waals surface area (Å²) in [5.74, 6) is 1.05. The van der Waals surface area contributed by atoms with Crippen molar-refractivity contribution in [2.75, 3.05) is 65.4 Å². The summed E-state index contributed by atoms with van der Waals surface area (Å²) in [7, 11) is 3.10. The average molecular weight is 1230 g/mol. The second kappa shape index (κ2) is 34.2. The molecule has 2 aromatic heterocycles. The molecule has 4 N–H and O–H groups in total. The molecular formula is C65H89Cl2N9O8S. The van der Waals surface area contributed by atoms with Gasteiger partial charge in [-0.15, -0.1) is 11.3 Å². The predicted octanol–water partition coefficient (Wildman–Crippen LogP) is 12.8. The number of thiazole rings is 1. The summed E-state index contributed by atoms with van der Waals surface area (Å²) in [6, 6.07) is 15.5. The zero-order valence-electron chi connectivity index (χ0n) is 51.1. The summed E-state index contributed by atoms with van der Waals surface area (Å²) in [5, 5.41) is 30.8. The number of ether oxygens (including phenoxy) is 3. The zero-order valence-corrected chi connectivity index (χ0v) is 53.5. The number of aliphatic hydroxyl groups excluding tert-OH is 1. The number of likely N-dealkylation sites (tertiary alicyclic amines) is 1. The van der Waals surface area contributed by atoms with E-state index >= 15 is 0 Å². The number of halogens is 2. The van der Waals surface area contributed by atoms with Crippen molar-refractivity contribution >= 4 is 80.4 Å². The number of carbonyl (C=O) groups is 4. The van der Waals surface area contributed by atoms with Crippen LogP contribution in [-0.4, -0.2) is 132 Å². The van der Waals surface area contributed by atoms with Gasteiger partial charge in [-0.05, 0) is 54.9 Å². The number of nitrogens with zero attached hydrogens (tertiary/aromatic N) is 6. The van der Waals surface area contributed by atoms with Gasteiger partial charge in [-0.1, -0.05) is 146 Å². The van der Waals surface area contributed by atoms with Crippen molar-refractivity contribution < 1.29 is 38.5 Å². The topological polar surface area (TPSA) is 212 Å². The van der Waals surface area contributed by atoms with Gasteiger partial charge in [-0.2, -0.15) is 5.26 Å². The SMILES string of the molecule is CCCCCC(=O)N1CCN(CCCOc2cc3ncc(C#N)c(Nc4cc(OC)c(Cl)cc4Cl)c3cc2OC)CC1.CCCCCCCCCCCC(=O)N[C@H](C(=O)N1C[C@H](O)C[C@H]1C(=O)NCc1ccc(-c2scnc2C)cc1)C(C)(C)C. The number of β-amino-alcohol motifs (C(OH)–C–C–N with tert-alkyl or cyclic N) is 1. The van der Waals surface area contributed by atoms with Crippen molar-refractivity contribution in [1.29, 1.82) is 5.26 Å². The minimum absolute atomic E-state index is 0.0700. The van der Waals surface area contributed by atoms with Crippen molar-refractivity contribution in [3.8, 4) is 33.8 Å². The number of aromatic nitrogens is 2. The summed E-state index contributed by atoms with van der Waals surface area (Å²) < 4.78 is 17.1. The Balaban J connectivity index is 0.000000272. The summed E-state index contributed by atoms with van der Waals surface area (Å²) >= 11 is 14.2. The van der Waals surface area contributed by atoms with Crippen LogP contribution in [0.3, 0.4) is 0 Å². The highest BCUT2D eigenvalue weighted by atomic mass is 35.5. The van der Waals surface area contributed by atoms with Crippen LogP contribution in [0.15, 0.2) is 60.2 Å². The van der Waals surface area contributed by atoms with Crippen LogP contribution in [0.25, 0.3) is 21.3 Å². The molecule has 0 radical (unpaired) electrons. The number of pyridine rings is 1. The molecular weight excluding hydrogens is 1140 g/mol. The van der Waals surface area contributed by atoms with Gasteiger partial charge < -0.3 is 45.1 Å². The lowest BCUT2D eigenvalue weighted by Gasteiger charge is -2.35. The molecule has 17 nitrogen and oxygen atoms in total. The van der Waals surface area contributed by atoms with Crippen LogP contribution in [0.2, 0.25) is 10.0 Å². The normalized spacial score (nSPS) is 15.6. The molecule has 3 atom stereocenters. The minimum Gasteiger partial charge on any atom is -0.495 e. The fourth-order valence-electron chi connectivity index (χ4n) is 10.6. The molecule has 85 heavy (non-hydrogen) atoms. The second-order valence-electron chi connectivity index (χ2n) is 23.2. The maximum atomic E-state index is 13.8. The summed E-state index contributed by atoms with van der Waals surface area (Å²) in [6.07, 6.45) is 16.5. The van der Waals surface area contributed by atoms with Crippen LogP contribution in [0.5, 0.6) is 17.2 Å².